The monoisotopic (exact) mass is 197 g/mol. The molecule has 13 heavy (non-hydrogen) atoms. The van der Waals surface area contributed by atoms with Crippen molar-refractivity contribution >= 4 is 17.9 Å². The van der Waals surface area contributed by atoms with Gasteiger partial charge in [-0.15, -0.1) is 0 Å². The van der Waals surface area contributed by atoms with E-state index in [4.69, 9.17) is 16.3 Å². The van der Waals surface area contributed by atoms with Crippen LogP contribution in [0.5, 0.6) is 5.75 Å². The van der Waals surface area contributed by atoms with Crippen LogP contribution < -0.4 is 4.74 Å². The molecule has 2 nitrogen and oxygen atoms in total. The molecule has 0 bridgehead atoms. The Balaban J connectivity index is 2.45. The van der Waals surface area contributed by atoms with Crippen molar-refractivity contribution in [2.75, 3.05) is 6.61 Å². The van der Waals surface area contributed by atoms with Crippen LogP contribution in [0.1, 0.15) is 6.92 Å². The Morgan fingerprint density at radius 3 is 2.62 bits per heavy atom. The average Bonchev–Trinajstić information content (AvgIpc) is 2.16. The molecule has 0 amide bonds. The standard InChI is InChI=1S/C10H10ClO2/c1-8(6-12)7-13-10-4-2-9(11)3-5-10/h2-5,8H,7H2,1H3. The van der Waals surface area contributed by atoms with Crippen LogP contribution >= 0.6 is 11.6 Å². The van der Waals surface area contributed by atoms with Crippen molar-refractivity contribution in [1.29, 1.82) is 0 Å². The molecule has 0 fully saturated rings. The first-order valence-electron chi connectivity index (χ1n) is 3.98. The highest BCUT2D eigenvalue weighted by molar-refractivity contribution is 6.30. The normalized spacial score (nSPS) is 12.2. The highest BCUT2D eigenvalue weighted by Crippen LogP contribution is 2.15. The molecule has 1 radical (unpaired) electrons. The fourth-order valence-corrected chi connectivity index (χ4v) is 0.912. The van der Waals surface area contributed by atoms with Gasteiger partial charge in [0.05, 0.1) is 12.5 Å². The van der Waals surface area contributed by atoms with Gasteiger partial charge in [0.25, 0.3) is 0 Å². The molecule has 0 aromatic heterocycles. The van der Waals surface area contributed by atoms with Crippen molar-refractivity contribution in [3.8, 4) is 5.75 Å². The van der Waals surface area contributed by atoms with Crippen LogP contribution in [0.25, 0.3) is 0 Å². The zero-order chi connectivity index (χ0) is 9.68. The molecule has 0 aliphatic carbocycles. The van der Waals surface area contributed by atoms with Gasteiger partial charge in [-0.3, -0.25) is 4.79 Å². The van der Waals surface area contributed by atoms with Gasteiger partial charge in [-0.05, 0) is 24.3 Å². The summed E-state index contributed by atoms with van der Waals surface area (Å²) < 4.78 is 5.29. The first-order valence-corrected chi connectivity index (χ1v) is 4.36. The molecule has 1 rings (SSSR count). The quantitative estimate of drug-likeness (QED) is 0.741. The molecular weight excluding hydrogens is 188 g/mol. The Hall–Kier alpha value is -1.02. The molecule has 1 atom stereocenters. The molecule has 1 unspecified atom stereocenters. The first-order chi connectivity index (χ1) is 6.22. The maximum atomic E-state index is 10.2. The summed E-state index contributed by atoms with van der Waals surface area (Å²) in [6.07, 6.45) is 1.85. The van der Waals surface area contributed by atoms with Crippen LogP contribution in [-0.2, 0) is 4.79 Å². The van der Waals surface area contributed by atoms with E-state index >= 15 is 0 Å². The van der Waals surface area contributed by atoms with E-state index < -0.39 is 0 Å². The zero-order valence-electron chi connectivity index (χ0n) is 7.29. The summed E-state index contributed by atoms with van der Waals surface area (Å²) in [5.41, 5.74) is 0. The average molecular weight is 198 g/mol. The van der Waals surface area contributed by atoms with Crippen molar-refractivity contribution in [2.24, 2.45) is 5.92 Å². The van der Waals surface area contributed by atoms with Crippen molar-refractivity contribution in [1.82, 2.24) is 0 Å². The van der Waals surface area contributed by atoms with Gasteiger partial charge in [-0.25, -0.2) is 0 Å². The van der Waals surface area contributed by atoms with Crippen molar-refractivity contribution in [3.05, 3.63) is 29.3 Å². The van der Waals surface area contributed by atoms with Crippen molar-refractivity contribution in [2.45, 2.75) is 6.92 Å². The summed E-state index contributed by atoms with van der Waals surface area (Å²) >= 11 is 5.68. The van der Waals surface area contributed by atoms with Gasteiger partial charge in [0.15, 0.2) is 0 Å². The van der Waals surface area contributed by atoms with E-state index in [1.54, 1.807) is 31.2 Å². The number of hydrogen-bond donors (Lipinski definition) is 0. The molecular formula is C10H10ClO2. The third kappa shape index (κ3) is 3.47. The second-order valence-corrected chi connectivity index (χ2v) is 3.22. The molecule has 0 spiro atoms. The molecule has 0 aliphatic rings. The first kappa shape index (κ1) is 10.1. The minimum absolute atomic E-state index is 0.198. The minimum Gasteiger partial charge on any atom is -0.493 e. The lowest BCUT2D eigenvalue weighted by Crippen LogP contribution is -2.09. The highest BCUT2D eigenvalue weighted by atomic mass is 35.5. The summed E-state index contributed by atoms with van der Waals surface area (Å²) in [5.74, 6) is 0.516. The van der Waals surface area contributed by atoms with E-state index in [1.807, 2.05) is 6.29 Å². The number of rotatable bonds is 4. The Bertz CT molecular complexity index is 269. The summed E-state index contributed by atoms with van der Waals surface area (Å²) in [7, 11) is 0. The summed E-state index contributed by atoms with van der Waals surface area (Å²) in [6, 6.07) is 7.01. The lowest BCUT2D eigenvalue weighted by atomic mass is 10.2. The summed E-state index contributed by atoms with van der Waals surface area (Å²) in [6.45, 7) is 2.11. The van der Waals surface area contributed by atoms with Gasteiger partial charge in [0.2, 0.25) is 6.29 Å². The molecule has 1 aromatic carbocycles. The minimum atomic E-state index is -0.198. The van der Waals surface area contributed by atoms with Gasteiger partial charge >= 0.3 is 0 Å². The Morgan fingerprint density at radius 1 is 1.46 bits per heavy atom. The number of halogens is 1. The zero-order valence-corrected chi connectivity index (χ0v) is 8.04. The molecule has 3 heteroatoms. The molecule has 0 saturated heterocycles. The lowest BCUT2D eigenvalue weighted by Gasteiger charge is -2.06. The largest absolute Gasteiger partial charge is 0.493 e. The molecule has 1 aromatic rings. The van der Waals surface area contributed by atoms with E-state index in [9.17, 15) is 4.79 Å². The van der Waals surface area contributed by atoms with Crippen LogP contribution in [0.2, 0.25) is 5.02 Å². The summed E-state index contributed by atoms with van der Waals surface area (Å²) in [4.78, 5) is 10.2. The van der Waals surface area contributed by atoms with E-state index in [2.05, 4.69) is 0 Å². The Labute approximate surface area is 82.5 Å². The molecule has 0 aliphatic heterocycles. The Kier molecular flexibility index (Phi) is 3.77. The smallest absolute Gasteiger partial charge is 0.204 e. The van der Waals surface area contributed by atoms with Crippen LogP contribution in [0, 0.1) is 5.92 Å². The second kappa shape index (κ2) is 4.87. The predicted octanol–water partition coefficient (Wildman–Crippen LogP) is 2.46. The van der Waals surface area contributed by atoms with Gasteiger partial charge in [-0.1, -0.05) is 18.5 Å². The lowest BCUT2D eigenvalue weighted by molar-refractivity contribution is 0.289. The number of ether oxygens (including phenoxy) is 1. The van der Waals surface area contributed by atoms with Crippen LogP contribution in [-0.4, -0.2) is 12.9 Å². The van der Waals surface area contributed by atoms with Gasteiger partial charge in [0, 0.05) is 5.02 Å². The molecule has 0 N–H and O–H groups in total. The van der Waals surface area contributed by atoms with E-state index in [1.165, 1.54) is 0 Å². The second-order valence-electron chi connectivity index (χ2n) is 2.78. The van der Waals surface area contributed by atoms with Gasteiger partial charge in [0.1, 0.15) is 5.75 Å². The van der Waals surface area contributed by atoms with Crippen LogP contribution in [0.15, 0.2) is 24.3 Å². The third-order valence-corrected chi connectivity index (χ3v) is 1.77. The van der Waals surface area contributed by atoms with Crippen LogP contribution in [0.3, 0.4) is 0 Å². The molecule has 69 valence electrons. The van der Waals surface area contributed by atoms with E-state index in [0.29, 0.717) is 17.4 Å². The van der Waals surface area contributed by atoms with Gasteiger partial charge < -0.3 is 4.74 Å². The van der Waals surface area contributed by atoms with Crippen LogP contribution in [0.4, 0.5) is 0 Å². The van der Waals surface area contributed by atoms with Gasteiger partial charge in [-0.2, -0.15) is 0 Å². The Morgan fingerprint density at radius 2 is 2.08 bits per heavy atom. The predicted molar refractivity (Wildman–Crippen MR) is 51.8 cm³/mol. The van der Waals surface area contributed by atoms with Crippen molar-refractivity contribution in [3.63, 3.8) is 0 Å². The maximum Gasteiger partial charge on any atom is 0.204 e. The fraction of sp³-hybridized carbons (Fsp3) is 0.300. The number of benzene rings is 1. The number of carbonyl (C=O) groups excluding carboxylic acids is 1. The molecule has 0 heterocycles. The summed E-state index contributed by atoms with van der Waals surface area (Å²) in [5, 5.41) is 0.669. The van der Waals surface area contributed by atoms with E-state index in [-0.39, 0.29) is 5.92 Å². The number of hydrogen-bond acceptors (Lipinski definition) is 2. The fourth-order valence-electron chi connectivity index (χ4n) is 0.786. The van der Waals surface area contributed by atoms with E-state index in [0.717, 1.165) is 0 Å². The van der Waals surface area contributed by atoms with Crippen molar-refractivity contribution < 1.29 is 9.53 Å². The highest BCUT2D eigenvalue weighted by Gasteiger charge is 2.01. The SMILES string of the molecule is CC([C]=O)COc1ccc(Cl)cc1. The third-order valence-electron chi connectivity index (χ3n) is 1.51. The topological polar surface area (TPSA) is 26.3 Å². The maximum absolute atomic E-state index is 10.2. The molecule has 0 saturated carbocycles.